The van der Waals surface area contributed by atoms with Crippen LogP contribution in [0.1, 0.15) is 57.6 Å². The van der Waals surface area contributed by atoms with E-state index >= 15 is 0 Å². The molecule has 0 amide bonds. The average Bonchev–Trinajstić information content (AvgIpc) is 3.21. The summed E-state index contributed by atoms with van der Waals surface area (Å²) in [4.78, 5) is 30.4. The van der Waals surface area contributed by atoms with Crippen LogP contribution in [0.5, 0.6) is 0 Å². The second-order valence-corrected chi connectivity index (χ2v) is 15.3. The highest BCUT2D eigenvalue weighted by atomic mass is 16.8. The number of azide groups is 1. The molecular formula is C42H51N3O12. The van der Waals surface area contributed by atoms with Gasteiger partial charge in [-0.25, -0.2) is 4.79 Å². The van der Waals surface area contributed by atoms with E-state index < -0.39 is 91.1 Å². The molecule has 3 heterocycles. The molecule has 0 radical (unpaired) electrons. The molecule has 306 valence electrons. The van der Waals surface area contributed by atoms with E-state index in [-0.39, 0.29) is 19.8 Å². The molecule has 3 aromatic rings. The Hall–Kier alpha value is -4.41. The molecule has 0 bridgehead atoms. The largest absolute Gasteiger partial charge is 0.467 e. The van der Waals surface area contributed by atoms with Crippen molar-refractivity contribution in [2.24, 2.45) is 10.5 Å². The molecule has 3 fully saturated rings. The smallest absolute Gasteiger partial charge is 0.337 e. The van der Waals surface area contributed by atoms with Gasteiger partial charge in [0.2, 0.25) is 0 Å². The van der Waals surface area contributed by atoms with E-state index in [1.165, 1.54) is 7.11 Å². The summed E-state index contributed by atoms with van der Waals surface area (Å²) < 4.78 is 62.9. The topological polar surface area (TPSA) is 175 Å². The van der Waals surface area contributed by atoms with Gasteiger partial charge in [-0.3, -0.25) is 4.79 Å². The van der Waals surface area contributed by atoms with Crippen molar-refractivity contribution in [3.63, 3.8) is 0 Å². The third-order valence-electron chi connectivity index (χ3n) is 9.62. The summed E-state index contributed by atoms with van der Waals surface area (Å²) in [5.74, 6) is -1.38. The van der Waals surface area contributed by atoms with Crippen LogP contribution in [0.3, 0.4) is 0 Å². The fraction of sp³-hybridized carbons (Fsp3) is 0.524. The van der Waals surface area contributed by atoms with Crippen LogP contribution in [0.4, 0.5) is 0 Å². The number of hydrogen-bond donors (Lipinski definition) is 0. The number of carbonyl (C=O) groups excluding carboxylic acids is 2. The number of ether oxygens (including phenoxy) is 10. The summed E-state index contributed by atoms with van der Waals surface area (Å²) >= 11 is 0. The second kappa shape index (κ2) is 19.4. The first-order chi connectivity index (χ1) is 27.5. The van der Waals surface area contributed by atoms with E-state index in [4.69, 9.17) is 47.4 Å². The molecular weight excluding hydrogens is 738 g/mol. The van der Waals surface area contributed by atoms with E-state index in [0.29, 0.717) is 0 Å². The summed E-state index contributed by atoms with van der Waals surface area (Å²) in [5, 5.41) is 4.15. The lowest BCUT2D eigenvalue weighted by atomic mass is 9.93. The Balaban J connectivity index is 1.39. The first-order valence-corrected chi connectivity index (χ1v) is 19.0. The van der Waals surface area contributed by atoms with Gasteiger partial charge < -0.3 is 47.4 Å². The first kappa shape index (κ1) is 42.2. The van der Waals surface area contributed by atoms with Crippen molar-refractivity contribution in [3.8, 4) is 0 Å². The van der Waals surface area contributed by atoms with Crippen molar-refractivity contribution in [1.82, 2.24) is 0 Å². The Bertz CT molecular complexity index is 1790. The summed E-state index contributed by atoms with van der Waals surface area (Å²) in [6.45, 7) is 8.93. The number of methoxy groups -OCH3 is 1. The minimum Gasteiger partial charge on any atom is -0.467 e. The highest BCUT2D eigenvalue weighted by molar-refractivity contribution is 5.77. The molecule has 0 aliphatic carbocycles. The van der Waals surface area contributed by atoms with Crippen molar-refractivity contribution in [2.75, 3.05) is 13.7 Å². The Kier molecular flexibility index (Phi) is 14.3. The van der Waals surface area contributed by atoms with Crippen LogP contribution < -0.4 is 0 Å². The SMILES string of the molecule is COC(=O)[C@@H]1O[C@@H](OC(C)C)[C@H](OC(=O)C(C)(C)C)[C@@H](OCc2ccccc2)[C@@H]1O[C@H]1O[C@@H]2COC(c3ccccc3)O[C@H]2[C@H](OCc2ccccc2)[C@H]1N=[N+]=[N-]. The van der Waals surface area contributed by atoms with Crippen LogP contribution in [-0.2, 0) is 70.2 Å². The number of hydrogen-bond acceptors (Lipinski definition) is 13. The third kappa shape index (κ3) is 10.6. The molecule has 11 atom stereocenters. The fourth-order valence-electron chi connectivity index (χ4n) is 6.77. The van der Waals surface area contributed by atoms with Gasteiger partial charge in [0.1, 0.15) is 36.6 Å². The van der Waals surface area contributed by atoms with Crippen molar-refractivity contribution in [3.05, 3.63) is 118 Å². The van der Waals surface area contributed by atoms with Crippen molar-refractivity contribution in [2.45, 2.75) is 122 Å². The van der Waals surface area contributed by atoms with E-state index in [1.54, 1.807) is 34.6 Å². The summed E-state index contributed by atoms with van der Waals surface area (Å²) in [7, 11) is 1.21. The highest BCUT2D eigenvalue weighted by Gasteiger charge is 2.58. The molecule has 15 heteroatoms. The fourth-order valence-corrected chi connectivity index (χ4v) is 6.77. The number of esters is 2. The van der Waals surface area contributed by atoms with E-state index in [1.807, 2.05) is 91.0 Å². The van der Waals surface area contributed by atoms with Crippen molar-refractivity contribution in [1.29, 1.82) is 0 Å². The maximum atomic E-state index is 13.7. The third-order valence-corrected chi connectivity index (χ3v) is 9.62. The summed E-state index contributed by atoms with van der Waals surface area (Å²) in [6, 6.07) is 27.1. The Morgan fingerprint density at radius 3 is 1.96 bits per heavy atom. The van der Waals surface area contributed by atoms with Gasteiger partial charge in [-0.05, 0) is 51.3 Å². The van der Waals surface area contributed by atoms with Gasteiger partial charge in [0.15, 0.2) is 31.1 Å². The van der Waals surface area contributed by atoms with Gasteiger partial charge >= 0.3 is 11.9 Å². The van der Waals surface area contributed by atoms with E-state index in [0.717, 1.165) is 16.7 Å². The Morgan fingerprint density at radius 1 is 0.807 bits per heavy atom. The predicted molar refractivity (Wildman–Crippen MR) is 203 cm³/mol. The predicted octanol–water partition coefficient (Wildman–Crippen LogP) is 6.34. The lowest BCUT2D eigenvalue weighted by Gasteiger charge is -2.50. The molecule has 0 N–H and O–H groups in total. The number of carbonyl (C=O) groups is 2. The summed E-state index contributed by atoms with van der Waals surface area (Å²) in [5.41, 5.74) is 11.5. The van der Waals surface area contributed by atoms with Crippen LogP contribution in [-0.4, -0.2) is 93.1 Å². The molecule has 3 aliphatic heterocycles. The maximum Gasteiger partial charge on any atom is 0.337 e. The van der Waals surface area contributed by atoms with Gasteiger partial charge in [0, 0.05) is 10.5 Å². The Morgan fingerprint density at radius 2 is 1.40 bits per heavy atom. The second-order valence-electron chi connectivity index (χ2n) is 15.3. The molecule has 3 saturated heterocycles. The minimum atomic E-state index is -1.48. The monoisotopic (exact) mass is 789 g/mol. The lowest BCUT2D eigenvalue weighted by Crippen LogP contribution is -2.67. The number of fused-ring (bicyclic) bond motifs is 1. The summed E-state index contributed by atoms with van der Waals surface area (Å²) in [6.07, 6.45) is -11.6. The van der Waals surface area contributed by atoms with Gasteiger partial charge in [-0.2, -0.15) is 0 Å². The number of benzene rings is 3. The van der Waals surface area contributed by atoms with Crippen LogP contribution in [0.15, 0.2) is 96.1 Å². The van der Waals surface area contributed by atoms with Crippen molar-refractivity contribution < 1.29 is 57.0 Å². The minimum absolute atomic E-state index is 0.0264. The van der Waals surface area contributed by atoms with Gasteiger partial charge in [0.05, 0.1) is 38.4 Å². The number of rotatable bonds is 14. The van der Waals surface area contributed by atoms with Gasteiger partial charge in [0.25, 0.3) is 0 Å². The van der Waals surface area contributed by atoms with Crippen LogP contribution >= 0.6 is 0 Å². The molecule has 0 spiro atoms. The maximum absolute atomic E-state index is 13.7. The molecule has 3 aromatic carbocycles. The normalized spacial score (nSPS) is 30.1. The molecule has 0 saturated carbocycles. The Labute approximate surface area is 332 Å². The number of nitrogens with zero attached hydrogens (tertiary/aromatic N) is 3. The highest BCUT2D eigenvalue weighted by Crippen LogP contribution is 2.40. The first-order valence-electron chi connectivity index (χ1n) is 19.0. The quantitative estimate of drug-likeness (QED) is 0.0768. The van der Waals surface area contributed by atoms with Crippen LogP contribution in [0.2, 0.25) is 0 Å². The molecule has 1 unspecified atom stereocenters. The van der Waals surface area contributed by atoms with E-state index in [9.17, 15) is 15.1 Å². The van der Waals surface area contributed by atoms with Gasteiger partial charge in [-0.1, -0.05) is 96.1 Å². The molecule has 0 aromatic heterocycles. The molecule has 6 rings (SSSR count). The average molecular weight is 790 g/mol. The molecule has 3 aliphatic rings. The van der Waals surface area contributed by atoms with Crippen LogP contribution in [0.25, 0.3) is 10.4 Å². The van der Waals surface area contributed by atoms with Crippen molar-refractivity contribution >= 4 is 11.9 Å². The van der Waals surface area contributed by atoms with Gasteiger partial charge in [-0.15, -0.1) is 0 Å². The zero-order chi connectivity index (χ0) is 40.5. The molecule has 57 heavy (non-hydrogen) atoms. The zero-order valence-corrected chi connectivity index (χ0v) is 33.0. The zero-order valence-electron chi connectivity index (χ0n) is 33.0. The molecule has 15 nitrogen and oxygen atoms in total. The lowest BCUT2D eigenvalue weighted by molar-refractivity contribution is -0.374. The van der Waals surface area contributed by atoms with Crippen LogP contribution in [0, 0.1) is 5.41 Å². The standard InChI is InChI=1S/C42H51N3O12/c1-25(2)52-40-36(57-41(47)42(3,4)5)33(50-23-27-18-12-8-13-19-27)34(35(56-40)37(46)48-6)55-39-30(44-45-43)32(49-22-26-16-10-7-11-17-26)31-29(53-39)24-51-38(54-31)28-20-14-9-15-21-28/h7-21,25,29-36,38-40H,22-24H2,1-6H3/t29-,30-,31-,32-,33+,34+,35-,36-,38?,39-,40-/m1/s1. The van der Waals surface area contributed by atoms with E-state index in [2.05, 4.69) is 10.0 Å².